The minimum atomic E-state index is 0.496. The number of fused-ring (bicyclic) bond motifs is 1. The molecule has 1 aliphatic rings. The van der Waals surface area contributed by atoms with Gasteiger partial charge in [-0.2, -0.15) is 0 Å². The first-order chi connectivity index (χ1) is 9.58. The highest BCUT2D eigenvalue weighted by atomic mass is 35.5. The largest absolute Gasteiger partial charge is 0.321 e. The van der Waals surface area contributed by atoms with E-state index >= 15 is 0 Å². The van der Waals surface area contributed by atoms with Crippen LogP contribution in [0.3, 0.4) is 0 Å². The first kappa shape index (κ1) is 13.7. The van der Waals surface area contributed by atoms with Crippen molar-refractivity contribution >= 4 is 22.6 Å². The van der Waals surface area contributed by atoms with Gasteiger partial charge in [0.2, 0.25) is 0 Å². The van der Waals surface area contributed by atoms with Gasteiger partial charge in [-0.3, -0.25) is 0 Å². The van der Waals surface area contributed by atoms with Crippen molar-refractivity contribution in [1.29, 1.82) is 0 Å². The fourth-order valence-electron chi connectivity index (χ4n) is 3.05. The molecule has 0 amide bonds. The summed E-state index contributed by atoms with van der Waals surface area (Å²) in [7, 11) is 0. The van der Waals surface area contributed by atoms with E-state index in [0.29, 0.717) is 11.2 Å². The van der Waals surface area contributed by atoms with Crippen LogP contribution in [0.2, 0.25) is 5.15 Å². The molecule has 0 spiro atoms. The Bertz CT molecular complexity index is 641. The van der Waals surface area contributed by atoms with E-state index in [9.17, 15) is 0 Å². The molecule has 1 aliphatic carbocycles. The molecule has 2 heterocycles. The summed E-state index contributed by atoms with van der Waals surface area (Å²) in [5, 5.41) is 0.496. The van der Waals surface area contributed by atoms with Crippen LogP contribution in [0, 0.1) is 20.8 Å². The second-order valence-electron chi connectivity index (χ2n) is 5.77. The molecule has 0 unspecified atom stereocenters. The number of halogens is 1. The summed E-state index contributed by atoms with van der Waals surface area (Å²) in [6, 6.07) is 0.534. The minimum absolute atomic E-state index is 0.496. The van der Waals surface area contributed by atoms with E-state index in [0.717, 1.165) is 28.1 Å². The van der Waals surface area contributed by atoms with E-state index in [1.54, 1.807) is 0 Å². The fraction of sp³-hybridized carbons (Fsp3) is 0.600. The Kier molecular flexibility index (Phi) is 3.59. The zero-order chi connectivity index (χ0) is 14.3. The molecule has 1 fully saturated rings. The van der Waals surface area contributed by atoms with Crippen LogP contribution in [-0.2, 0) is 0 Å². The fourth-order valence-corrected chi connectivity index (χ4v) is 3.31. The summed E-state index contributed by atoms with van der Waals surface area (Å²) in [4.78, 5) is 8.95. The second-order valence-corrected chi connectivity index (χ2v) is 6.13. The molecule has 0 saturated heterocycles. The third kappa shape index (κ3) is 2.26. The molecule has 0 bridgehead atoms. The molecule has 0 aromatic carbocycles. The molecular formula is C15H21ClN4. The van der Waals surface area contributed by atoms with Crippen molar-refractivity contribution in [2.24, 2.45) is 0 Å². The topological polar surface area (TPSA) is 42.7 Å². The summed E-state index contributed by atoms with van der Waals surface area (Å²) in [6.45, 7) is 6.09. The Morgan fingerprint density at radius 3 is 2.50 bits per heavy atom. The zero-order valence-electron chi connectivity index (χ0n) is 12.3. The normalized spacial score (nSPS) is 16.8. The predicted molar refractivity (Wildman–Crippen MR) is 83.0 cm³/mol. The number of rotatable bonds is 2. The van der Waals surface area contributed by atoms with Gasteiger partial charge in [0.15, 0.2) is 5.15 Å². The van der Waals surface area contributed by atoms with Crippen molar-refractivity contribution < 1.29 is 0 Å². The van der Waals surface area contributed by atoms with Gasteiger partial charge in [-0.1, -0.05) is 30.9 Å². The van der Waals surface area contributed by atoms with Crippen LogP contribution >= 0.6 is 11.6 Å². The summed E-state index contributed by atoms with van der Waals surface area (Å²) >= 11 is 6.25. The van der Waals surface area contributed by atoms with E-state index in [4.69, 9.17) is 11.6 Å². The molecule has 108 valence electrons. The van der Waals surface area contributed by atoms with E-state index in [-0.39, 0.29) is 0 Å². The van der Waals surface area contributed by atoms with Crippen LogP contribution in [0.15, 0.2) is 0 Å². The van der Waals surface area contributed by atoms with Crippen LogP contribution < -0.4 is 5.43 Å². The molecule has 1 saturated carbocycles. The lowest BCUT2D eigenvalue weighted by molar-refractivity contribution is 0.438. The average Bonchev–Trinajstić information content (AvgIpc) is 2.76. The lowest BCUT2D eigenvalue weighted by Gasteiger charge is -2.25. The van der Waals surface area contributed by atoms with Gasteiger partial charge in [-0.05, 0) is 39.2 Å². The summed E-state index contributed by atoms with van der Waals surface area (Å²) in [6.07, 6.45) is 6.44. The van der Waals surface area contributed by atoms with Crippen molar-refractivity contribution in [3.8, 4) is 0 Å². The minimum Gasteiger partial charge on any atom is -0.321 e. The van der Waals surface area contributed by atoms with Gasteiger partial charge in [-0.15, -0.1) is 0 Å². The molecule has 2 aromatic heterocycles. The predicted octanol–water partition coefficient (Wildman–Crippen LogP) is 3.89. The van der Waals surface area contributed by atoms with E-state index in [2.05, 4.69) is 27.0 Å². The number of aromatic nitrogens is 3. The molecule has 2 aromatic rings. The van der Waals surface area contributed by atoms with E-state index < -0.39 is 0 Å². The molecule has 1 N–H and O–H groups in total. The number of nitrogens with one attached hydrogen (secondary N) is 1. The van der Waals surface area contributed by atoms with Crippen LogP contribution in [0.5, 0.6) is 0 Å². The maximum atomic E-state index is 6.25. The SMILES string of the molecule is Cc1nc(Cl)c2nc(C)n(NC3CCCCC3)c2c1C. The maximum Gasteiger partial charge on any atom is 0.157 e. The van der Waals surface area contributed by atoms with Crippen LogP contribution in [0.4, 0.5) is 0 Å². The monoisotopic (exact) mass is 292 g/mol. The highest BCUT2D eigenvalue weighted by molar-refractivity contribution is 6.33. The lowest BCUT2D eigenvalue weighted by Crippen LogP contribution is -2.30. The maximum absolute atomic E-state index is 6.25. The third-order valence-electron chi connectivity index (χ3n) is 4.32. The Morgan fingerprint density at radius 2 is 1.80 bits per heavy atom. The van der Waals surface area contributed by atoms with Crippen molar-refractivity contribution in [1.82, 2.24) is 14.6 Å². The van der Waals surface area contributed by atoms with Crippen molar-refractivity contribution in [3.63, 3.8) is 0 Å². The average molecular weight is 293 g/mol. The van der Waals surface area contributed by atoms with Crippen LogP contribution in [0.25, 0.3) is 11.0 Å². The van der Waals surface area contributed by atoms with Crippen molar-refractivity contribution in [2.45, 2.75) is 58.9 Å². The summed E-state index contributed by atoms with van der Waals surface area (Å²) in [5.41, 5.74) is 7.62. The zero-order valence-corrected chi connectivity index (χ0v) is 13.1. The van der Waals surface area contributed by atoms with E-state index in [1.165, 1.54) is 32.1 Å². The summed E-state index contributed by atoms with van der Waals surface area (Å²) in [5.74, 6) is 0.947. The molecule has 0 aliphatic heterocycles. The molecule has 0 atom stereocenters. The number of nitrogens with zero attached hydrogens (tertiary/aromatic N) is 3. The third-order valence-corrected chi connectivity index (χ3v) is 4.58. The Labute approximate surface area is 124 Å². The molecule has 4 nitrogen and oxygen atoms in total. The van der Waals surface area contributed by atoms with Crippen LogP contribution in [-0.4, -0.2) is 20.7 Å². The Morgan fingerprint density at radius 1 is 1.10 bits per heavy atom. The smallest absolute Gasteiger partial charge is 0.157 e. The van der Waals surface area contributed by atoms with Gasteiger partial charge in [0, 0.05) is 11.7 Å². The molecule has 3 rings (SSSR count). The summed E-state index contributed by atoms with van der Waals surface area (Å²) < 4.78 is 2.11. The number of aryl methyl sites for hydroxylation is 3. The number of hydrogen-bond acceptors (Lipinski definition) is 3. The van der Waals surface area contributed by atoms with E-state index in [1.807, 2.05) is 13.8 Å². The van der Waals surface area contributed by atoms with Gasteiger partial charge in [0.25, 0.3) is 0 Å². The number of hydrogen-bond donors (Lipinski definition) is 1. The first-order valence-electron chi connectivity index (χ1n) is 7.36. The Hall–Kier alpha value is -1.29. The van der Waals surface area contributed by atoms with Gasteiger partial charge in [-0.25, -0.2) is 14.6 Å². The number of pyridine rings is 1. The highest BCUT2D eigenvalue weighted by Gasteiger charge is 2.19. The van der Waals surface area contributed by atoms with Gasteiger partial charge >= 0.3 is 0 Å². The van der Waals surface area contributed by atoms with Gasteiger partial charge in [0.05, 0.1) is 5.52 Å². The second kappa shape index (κ2) is 5.24. The number of imidazole rings is 1. The van der Waals surface area contributed by atoms with Crippen LogP contribution in [0.1, 0.15) is 49.2 Å². The standard InChI is InChI=1S/C15H21ClN4/c1-9-10(2)17-15(16)13-14(9)20(11(3)18-13)19-12-7-5-4-6-8-12/h12,19H,4-8H2,1-3H3. The Balaban J connectivity index is 2.07. The molecule has 20 heavy (non-hydrogen) atoms. The van der Waals surface area contributed by atoms with Crippen molar-refractivity contribution in [3.05, 3.63) is 22.2 Å². The first-order valence-corrected chi connectivity index (χ1v) is 7.74. The quantitative estimate of drug-likeness (QED) is 0.854. The lowest BCUT2D eigenvalue weighted by atomic mass is 9.96. The molecule has 5 heteroatoms. The van der Waals surface area contributed by atoms with Crippen molar-refractivity contribution in [2.75, 3.05) is 5.43 Å². The van der Waals surface area contributed by atoms with Gasteiger partial charge in [0.1, 0.15) is 11.3 Å². The molecule has 0 radical (unpaired) electrons. The highest BCUT2D eigenvalue weighted by Crippen LogP contribution is 2.27. The van der Waals surface area contributed by atoms with Gasteiger partial charge < -0.3 is 5.43 Å². The molecular weight excluding hydrogens is 272 g/mol.